The Bertz CT molecular complexity index is 4100. The lowest BCUT2D eigenvalue weighted by atomic mass is 9.95. The molecule has 48 nitrogen and oxygen atoms in total. The van der Waals surface area contributed by atoms with Crippen LogP contribution in [-0.2, 0) is 92.7 Å². The van der Waals surface area contributed by atoms with Crippen LogP contribution < -0.4 is 131 Å². The van der Waals surface area contributed by atoms with Crippen LogP contribution in [0.5, 0.6) is 5.75 Å². The number of phenols is 1. The minimum absolute atomic E-state index is 0.00177. The molecule has 0 aromatic heterocycles. The Kier molecular flexibility index (Phi) is 58.0. The number of aliphatic carboxylic acids is 1. The van der Waals surface area contributed by atoms with E-state index in [0.29, 0.717) is 24.8 Å². The normalized spacial score (nSPS) is 15.6. The van der Waals surface area contributed by atoms with E-state index in [-0.39, 0.29) is 146 Å². The van der Waals surface area contributed by atoms with Crippen molar-refractivity contribution in [1.82, 2.24) is 79.8 Å². The molecule has 0 aliphatic rings. The number of hydrogen-bond donors (Lipinski definition) is 28. The van der Waals surface area contributed by atoms with E-state index in [1.807, 2.05) is 13.8 Å². The van der Waals surface area contributed by atoms with Crippen molar-refractivity contribution < 1.29 is 107 Å². The lowest BCUT2D eigenvalue weighted by Gasteiger charge is -2.31. The molecule has 17 amide bonds. The van der Waals surface area contributed by atoms with Crippen LogP contribution >= 0.6 is 0 Å². The molecular formula is C88H156N26O22. The Morgan fingerprint density at radius 1 is 0.331 bits per heavy atom. The van der Waals surface area contributed by atoms with Crippen LogP contribution in [-0.4, -0.2) is 275 Å². The van der Waals surface area contributed by atoms with Gasteiger partial charge in [-0.25, -0.2) is 0 Å². The van der Waals surface area contributed by atoms with Gasteiger partial charge in [-0.05, 0) is 163 Å². The number of nitrogens with zero attached hydrogens (tertiary/aromatic N) is 2. The Balaban J connectivity index is 3.71. The number of unbranched alkanes of at least 4 members (excludes halogenated alkanes) is 2. The summed E-state index contributed by atoms with van der Waals surface area (Å²) in [6.07, 6.45) is -0.0855. The Labute approximate surface area is 795 Å². The predicted octanol–water partition coefficient (Wildman–Crippen LogP) is -6.20. The minimum Gasteiger partial charge on any atom is -0.508 e. The molecule has 0 unspecified atom stereocenters. The summed E-state index contributed by atoms with van der Waals surface area (Å²) in [5, 5.41) is 79.3. The number of carbonyl (C=O) groups excluding carboxylic acids is 17. The number of nitrogens with two attached hydrogens (primary N) is 9. The maximum atomic E-state index is 14.8. The number of aliphatic hydroxyl groups is 2. The van der Waals surface area contributed by atoms with Crippen LogP contribution in [0.1, 0.15) is 224 Å². The molecule has 1 aromatic rings. The quantitative estimate of drug-likeness (QED) is 0.0164. The number of rotatable bonds is 69. The average Bonchev–Trinajstić information content (AvgIpc) is 0.827. The highest BCUT2D eigenvalue weighted by atomic mass is 16.4. The third-order valence-corrected chi connectivity index (χ3v) is 22.9. The monoisotopic (exact) mass is 1930 g/mol. The first-order valence-electron chi connectivity index (χ1n) is 46.6. The fraction of sp³-hybridized carbons (Fsp3) is 0.705. The molecule has 1 aromatic carbocycles. The molecule has 0 aliphatic heterocycles. The van der Waals surface area contributed by atoms with Gasteiger partial charge in [-0.2, -0.15) is 0 Å². The van der Waals surface area contributed by atoms with E-state index in [1.165, 1.54) is 31.2 Å². The van der Waals surface area contributed by atoms with Crippen LogP contribution in [0.4, 0.5) is 0 Å². The molecule has 0 fully saturated rings. The largest absolute Gasteiger partial charge is 0.508 e. The van der Waals surface area contributed by atoms with Gasteiger partial charge in [0.2, 0.25) is 100 Å². The molecule has 770 valence electrons. The summed E-state index contributed by atoms with van der Waals surface area (Å²) < 4.78 is 0. The van der Waals surface area contributed by atoms with Gasteiger partial charge in [0.05, 0.1) is 19.3 Å². The Morgan fingerprint density at radius 3 is 0.978 bits per heavy atom. The zero-order valence-electron chi connectivity index (χ0n) is 80.8. The third kappa shape index (κ3) is 46.4. The number of phenolic OH excluding ortho intramolecular Hbond substituents is 1. The van der Waals surface area contributed by atoms with Gasteiger partial charge in [0.15, 0.2) is 11.9 Å². The van der Waals surface area contributed by atoms with E-state index in [1.54, 1.807) is 69.2 Å². The summed E-state index contributed by atoms with van der Waals surface area (Å²) in [5.74, 6) is -21.5. The fourth-order valence-corrected chi connectivity index (χ4v) is 13.8. The first-order valence-corrected chi connectivity index (χ1v) is 46.6. The van der Waals surface area contributed by atoms with Gasteiger partial charge in [-0.3, -0.25) is 96.3 Å². The maximum Gasteiger partial charge on any atom is 0.303 e. The SMILES string of the molecule is CC[C@H](C)[C@H](NC(=O)[C@H](C)NC(=O)[C@H](CCC(=O)O)NC(=O)[C@@H](NC(=O)[C@H](CCCN=C(N)N)NC(=O)[C@H](CO)NC(=O)[C@H](Cc1ccc(O)cc1)NC(=O)[C@@H](N)CCCN=C(N)N)[C@@H](C)CC)C(=O)N[C@@H](CCCCN)C(=O)N[C@H](C(=O)N[C@@H](CCC(N)=O)C(=O)N[C@H](C(=O)N[C@@H](CC(C)C)C(=O)N[C@@H](CO)C(=O)N[C@@H](CCCCN)C(=O)N[C@@H](CC(C)C)C(N)=O)[C@@H](C)CC)[C@@H](C)CC. The van der Waals surface area contributed by atoms with Gasteiger partial charge in [0, 0.05) is 32.4 Å². The number of aliphatic hydroxyl groups excluding tert-OH is 2. The molecule has 0 heterocycles. The number of guanidine groups is 2. The number of carboxylic acid groups (broad SMARTS) is 1. The van der Waals surface area contributed by atoms with Crippen molar-refractivity contribution in [3.63, 3.8) is 0 Å². The predicted molar refractivity (Wildman–Crippen MR) is 505 cm³/mol. The number of carbonyl (C=O) groups is 18. The van der Waals surface area contributed by atoms with Crippen molar-refractivity contribution in [2.45, 2.75) is 322 Å². The van der Waals surface area contributed by atoms with Crippen LogP contribution in [0, 0.1) is 35.5 Å². The van der Waals surface area contributed by atoms with Crippen molar-refractivity contribution >= 4 is 118 Å². The summed E-state index contributed by atoms with van der Waals surface area (Å²) in [4.78, 5) is 260. The molecule has 0 saturated heterocycles. The number of aromatic hydroxyl groups is 1. The molecule has 1 rings (SSSR count). The maximum absolute atomic E-state index is 14.8. The van der Waals surface area contributed by atoms with Crippen LogP contribution in [0.15, 0.2) is 34.3 Å². The van der Waals surface area contributed by atoms with Crippen molar-refractivity contribution in [3.05, 3.63) is 29.8 Å². The summed E-state index contributed by atoms with van der Waals surface area (Å²) >= 11 is 0. The Hall–Kier alpha value is -12.2. The lowest BCUT2D eigenvalue weighted by molar-refractivity contribution is -0.139. The topological polar surface area (TPSA) is 828 Å². The van der Waals surface area contributed by atoms with E-state index in [0.717, 1.165) is 0 Å². The lowest BCUT2D eigenvalue weighted by Crippen LogP contribution is -2.62. The second-order valence-electron chi connectivity index (χ2n) is 35.2. The molecule has 0 bridgehead atoms. The molecule has 0 spiro atoms. The number of hydrogen-bond acceptors (Lipinski definition) is 26. The second-order valence-corrected chi connectivity index (χ2v) is 35.2. The van der Waals surface area contributed by atoms with Gasteiger partial charge < -0.3 is 152 Å². The van der Waals surface area contributed by atoms with Gasteiger partial charge in [0.1, 0.15) is 96.4 Å². The first-order chi connectivity index (χ1) is 64.0. The van der Waals surface area contributed by atoms with Crippen molar-refractivity contribution in [2.75, 3.05) is 39.4 Å². The highest BCUT2D eigenvalue weighted by molar-refractivity contribution is 6.01. The Morgan fingerprint density at radius 2 is 0.625 bits per heavy atom. The zero-order chi connectivity index (χ0) is 103. The molecule has 48 heteroatoms. The first kappa shape index (κ1) is 122. The highest BCUT2D eigenvalue weighted by Crippen LogP contribution is 2.20. The van der Waals surface area contributed by atoms with Crippen LogP contribution in [0.25, 0.3) is 0 Å². The number of aliphatic imine (C=N–C) groups is 2. The average molecular weight is 1930 g/mol. The van der Waals surface area contributed by atoms with Gasteiger partial charge in [-0.15, -0.1) is 0 Å². The van der Waals surface area contributed by atoms with E-state index >= 15 is 0 Å². The number of benzene rings is 1. The van der Waals surface area contributed by atoms with Crippen molar-refractivity contribution in [1.29, 1.82) is 0 Å². The van der Waals surface area contributed by atoms with Crippen LogP contribution in [0.2, 0.25) is 0 Å². The number of carboxylic acids is 1. The fourth-order valence-electron chi connectivity index (χ4n) is 13.8. The molecule has 0 saturated carbocycles. The summed E-state index contributed by atoms with van der Waals surface area (Å²) in [7, 11) is 0. The van der Waals surface area contributed by atoms with E-state index in [4.69, 9.17) is 51.6 Å². The summed E-state index contributed by atoms with van der Waals surface area (Å²) in [6.45, 7) is 19.8. The molecule has 37 N–H and O–H groups in total. The second kappa shape index (κ2) is 64.7. The minimum atomic E-state index is -1.81. The molecular weight excluding hydrogens is 1770 g/mol. The van der Waals surface area contributed by atoms with Crippen LogP contribution in [0.3, 0.4) is 0 Å². The number of primary amides is 2. The van der Waals surface area contributed by atoms with E-state index < -0.39 is 266 Å². The number of amides is 17. The summed E-state index contributed by atoms with van der Waals surface area (Å²) in [6, 6.07) is -18.3. The zero-order valence-corrected chi connectivity index (χ0v) is 80.8. The standard InChI is InChI=1S/C88H156N26O22/c1-14-47(9)67(111-72(122)51(13)100-74(124)59(33-35-66(119)120)105-85(135)69(49(11)16-3)113-77(127)57(27-23-39-99-88(96)97)102-82(132)64(44-116)110-80(130)62(42-52-28-30-53(117)31-29-52)107-73(123)54(91)24-22-38-98-87(94)95)83(133)103-56(26-19-21-37-90)76(126)112-68(48(10)15-2)84(134)104-58(32-34-65(92)118)78(128)114-70(50(12)17-4)86(136)108-61(41-46(7)8)79(129)109-63(43-115)81(131)101-55(25-18-20-36-89)75(125)106-60(71(93)121)40-45(5)6/h28-31,45-51,54-64,67-70,115-117H,14-27,32-44,89-91H2,1-13H3,(H2,92,118)(H2,93,121)(H,100,124)(H,101,131)(H,102,132)(H,103,133)(H,104,134)(H,105,135)(H,106,125)(H,107,123)(H,108,136)(H,109,129)(H,110,130)(H,111,122)(H,112,126)(H,113,127)(H,114,128)(H,119,120)(H4,94,95,98)(H4,96,97,99)/t47-,48-,49-,50-,51-,54-,55-,56-,57-,58-,59-,60-,61-,62-,63-,64-,67-,68-,69-,70-/m0/s1. The van der Waals surface area contributed by atoms with Gasteiger partial charge in [-0.1, -0.05) is 121 Å². The number of nitrogens with one attached hydrogen (secondary N) is 15. The third-order valence-electron chi connectivity index (χ3n) is 22.9. The van der Waals surface area contributed by atoms with E-state index in [2.05, 4.69) is 89.7 Å². The van der Waals surface area contributed by atoms with Crippen molar-refractivity contribution in [2.24, 2.45) is 97.1 Å². The molecule has 20 atom stereocenters. The highest BCUT2D eigenvalue weighted by Gasteiger charge is 2.41. The summed E-state index contributed by atoms with van der Waals surface area (Å²) in [5.41, 5.74) is 51.2. The van der Waals surface area contributed by atoms with Gasteiger partial charge in [0.25, 0.3) is 0 Å². The van der Waals surface area contributed by atoms with E-state index in [9.17, 15) is 107 Å². The molecule has 0 radical (unpaired) electrons. The smallest absolute Gasteiger partial charge is 0.303 e. The van der Waals surface area contributed by atoms with Gasteiger partial charge >= 0.3 is 5.97 Å². The molecule has 136 heavy (non-hydrogen) atoms. The van der Waals surface area contributed by atoms with Crippen molar-refractivity contribution in [3.8, 4) is 5.75 Å². The molecule has 0 aliphatic carbocycles.